The molecule has 78 valence electrons. The average molecular weight is 183 g/mol. The molecule has 0 saturated heterocycles. The zero-order valence-corrected chi connectivity index (χ0v) is 9.53. The first-order valence-corrected chi connectivity index (χ1v) is 5.73. The van der Waals surface area contributed by atoms with E-state index in [2.05, 4.69) is 20.8 Å². The summed E-state index contributed by atoms with van der Waals surface area (Å²) in [6.07, 6.45) is 10.3. The Labute approximate surface area is 83.4 Å². The molecule has 0 fully saturated rings. The van der Waals surface area contributed by atoms with E-state index in [1.165, 1.54) is 38.5 Å². The van der Waals surface area contributed by atoms with Gasteiger partial charge in [-0.15, -0.1) is 0 Å². The Bertz CT molecular complexity index is 131. The lowest BCUT2D eigenvalue weighted by Crippen LogP contribution is -2.20. The Kier molecular flexibility index (Phi) is 6.93. The Morgan fingerprint density at radius 1 is 1.08 bits per heavy atom. The maximum absolute atomic E-state index is 7.25. The van der Waals surface area contributed by atoms with Gasteiger partial charge in [0.2, 0.25) is 0 Å². The van der Waals surface area contributed by atoms with Crippen LogP contribution in [0.1, 0.15) is 65.7 Å². The Hall–Kier alpha value is -0.330. The molecule has 0 rings (SSSR count). The fourth-order valence-corrected chi connectivity index (χ4v) is 2.13. The Morgan fingerprint density at radius 2 is 1.77 bits per heavy atom. The maximum Gasteiger partial charge on any atom is -0.00422 e. The molecule has 13 heavy (non-hydrogen) atoms. The molecule has 0 aliphatic heterocycles. The molecule has 0 bridgehead atoms. The van der Waals surface area contributed by atoms with Crippen molar-refractivity contribution in [2.45, 2.75) is 65.7 Å². The predicted octanol–water partition coefficient (Wildman–Crippen LogP) is 4.41. The van der Waals surface area contributed by atoms with E-state index < -0.39 is 0 Å². The van der Waals surface area contributed by atoms with Crippen molar-refractivity contribution in [1.29, 1.82) is 5.41 Å². The third-order valence-electron chi connectivity index (χ3n) is 3.13. The van der Waals surface area contributed by atoms with Crippen molar-refractivity contribution in [3.63, 3.8) is 0 Å². The number of rotatable bonds is 8. The van der Waals surface area contributed by atoms with Crippen LogP contribution in [-0.2, 0) is 0 Å². The molecule has 1 nitrogen and oxygen atoms in total. The molecule has 0 aromatic carbocycles. The molecule has 0 aromatic rings. The summed E-state index contributed by atoms with van der Waals surface area (Å²) in [7, 11) is 0. The largest absolute Gasteiger partial charge is 0.313 e. The second-order valence-corrected chi connectivity index (χ2v) is 4.12. The SMILES string of the molecule is CCCCC(CC)(CC=N)CCC. The van der Waals surface area contributed by atoms with Gasteiger partial charge in [-0.2, -0.15) is 0 Å². The van der Waals surface area contributed by atoms with Crippen molar-refractivity contribution in [2.75, 3.05) is 0 Å². The molecule has 0 heterocycles. The summed E-state index contributed by atoms with van der Waals surface area (Å²) in [5.74, 6) is 0. The van der Waals surface area contributed by atoms with Crippen LogP contribution in [0.4, 0.5) is 0 Å². The summed E-state index contributed by atoms with van der Waals surface area (Å²) in [5, 5.41) is 7.25. The van der Waals surface area contributed by atoms with E-state index in [9.17, 15) is 0 Å². The van der Waals surface area contributed by atoms with Gasteiger partial charge in [0.15, 0.2) is 0 Å². The van der Waals surface area contributed by atoms with E-state index in [0.29, 0.717) is 5.41 Å². The molecule has 0 aliphatic carbocycles. The second kappa shape index (κ2) is 7.11. The van der Waals surface area contributed by atoms with E-state index in [-0.39, 0.29) is 0 Å². The van der Waals surface area contributed by atoms with Crippen LogP contribution in [0.5, 0.6) is 0 Å². The highest BCUT2D eigenvalue weighted by atomic mass is 14.4. The van der Waals surface area contributed by atoms with Gasteiger partial charge in [-0.05, 0) is 30.9 Å². The van der Waals surface area contributed by atoms with Crippen molar-refractivity contribution in [3.05, 3.63) is 0 Å². The Morgan fingerprint density at radius 3 is 2.15 bits per heavy atom. The molecular weight excluding hydrogens is 158 g/mol. The molecule has 0 amide bonds. The molecule has 0 spiro atoms. The lowest BCUT2D eigenvalue weighted by atomic mass is 9.74. The van der Waals surface area contributed by atoms with Crippen molar-refractivity contribution in [2.24, 2.45) is 5.41 Å². The van der Waals surface area contributed by atoms with Gasteiger partial charge < -0.3 is 5.41 Å². The second-order valence-electron chi connectivity index (χ2n) is 4.12. The zero-order valence-electron chi connectivity index (χ0n) is 9.53. The third-order valence-corrected chi connectivity index (χ3v) is 3.13. The lowest BCUT2D eigenvalue weighted by Gasteiger charge is -2.31. The van der Waals surface area contributed by atoms with E-state index in [4.69, 9.17) is 5.41 Å². The predicted molar refractivity (Wildman–Crippen MR) is 60.6 cm³/mol. The fourth-order valence-electron chi connectivity index (χ4n) is 2.13. The zero-order chi connectivity index (χ0) is 10.2. The molecule has 0 radical (unpaired) electrons. The average Bonchev–Trinajstić information content (AvgIpc) is 2.15. The van der Waals surface area contributed by atoms with Crippen molar-refractivity contribution in [1.82, 2.24) is 0 Å². The van der Waals surface area contributed by atoms with Gasteiger partial charge in [0.05, 0.1) is 0 Å². The minimum atomic E-state index is 0.451. The topological polar surface area (TPSA) is 23.9 Å². The fraction of sp³-hybridized carbons (Fsp3) is 0.917. The monoisotopic (exact) mass is 183 g/mol. The first-order chi connectivity index (χ1) is 6.24. The summed E-state index contributed by atoms with van der Waals surface area (Å²) in [5.41, 5.74) is 0.451. The standard InChI is InChI=1S/C12H25N/c1-4-7-9-12(6-3,8-5-2)10-11-13/h11,13H,4-10H2,1-3H3. The van der Waals surface area contributed by atoms with Crippen molar-refractivity contribution >= 4 is 6.21 Å². The lowest BCUT2D eigenvalue weighted by molar-refractivity contribution is 0.231. The maximum atomic E-state index is 7.25. The smallest absolute Gasteiger partial charge is 0.00422 e. The van der Waals surface area contributed by atoms with Crippen LogP contribution in [-0.4, -0.2) is 6.21 Å². The first-order valence-electron chi connectivity index (χ1n) is 5.73. The summed E-state index contributed by atoms with van der Waals surface area (Å²) < 4.78 is 0. The molecule has 1 heteroatoms. The van der Waals surface area contributed by atoms with E-state index in [1.807, 2.05) is 0 Å². The van der Waals surface area contributed by atoms with Gasteiger partial charge in [0.1, 0.15) is 0 Å². The van der Waals surface area contributed by atoms with E-state index >= 15 is 0 Å². The van der Waals surface area contributed by atoms with Crippen LogP contribution >= 0.6 is 0 Å². The van der Waals surface area contributed by atoms with Gasteiger partial charge in [-0.1, -0.05) is 46.5 Å². The number of hydrogen-bond donors (Lipinski definition) is 1. The van der Waals surface area contributed by atoms with Crippen LogP contribution in [0.25, 0.3) is 0 Å². The van der Waals surface area contributed by atoms with Crippen molar-refractivity contribution < 1.29 is 0 Å². The molecule has 0 saturated carbocycles. The molecule has 1 N–H and O–H groups in total. The Balaban J connectivity index is 4.15. The van der Waals surface area contributed by atoms with Crippen molar-refractivity contribution in [3.8, 4) is 0 Å². The highest BCUT2D eigenvalue weighted by molar-refractivity contribution is 5.54. The van der Waals surface area contributed by atoms with Crippen LogP contribution < -0.4 is 0 Å². The summed E-state index contributed by atoms with van der Waals surface area (Å²) in [6, 6.07) is 0. The van der Waals surface area contributed by atoms with Gasteiger partial charge in [0.25, 0.3) is 0 Å². The molecular formula is C12H25N. The number of unbranched alkanes of at least 4 members (excludes halogenated alkanes) is 1. The van der Waals surface area contributed by atoms with E-state index in [0.717, 1.165) is 6.42 Å². The van der Waals surface area contributed by atoms with Crippen LogP contribution in [0, 0.1) is 10.8 Å². The van der Waals surface area contributed by atoms with Crippen LogP contribution in [0.3, 0.4) is 0 Å². The minimum Gasteiger partial charge on any atom is -0.313 e. The van der Waals surface area contributed by atoms with Gasteiger partial charge in [0, 0.05) is 0 Å². The van der Waals surface area contributed by atoms with Gasteiger partial charge in [-0.3, -0.25) is 0 Å². The molecule has 1 atom stereocenters. The third kappa shape index (κ3) is 4.44. The normalized spacial score (nSPS) is 15.3. The summed E-state index contributed by atoms with van der Waals surface area (Å²) in [4.78, 5) is 0. The minimum absolute atomic E-state index is 0.451. The van der Waals surface area contributed by atoms with Crippen LogP contribution in [0.2, 0.25) is 0 Å². The highest BCUT2D eigenvalue weighted by Gasteiger charge is 2.24. The summed E-state index contributed by atoms with van der Waals surface area (Å²) >= 11 is 0. The molecule has 0 aromatic heterocycles. The molecule has 0 aliphatic rings. The van der Waals surface area contributed by atoms with Crippen LogP contribution in [0.15, 0.2) is 0 Å². The first kappa shape index (κ1) is 12.7. The van der Waals surface area contributed by atoms with Gasteiger partial charge in [-0.25, -0.2) is 0 Å². The number of nitrogens with one attached hydrogen (secondary N) is 1. The number of hydrogen-bond acceptors (Lipinski definition) is 1. The van der Waals surface area contributed by atoms with Gasteiger partial charge >= 0.3 is 0 Å². The quantitative estimate of drug-likeness (QED) is 0.539. The molecule has 1 unspecified atom stereocenters. The summed E-state index contributed by atoms with van der Waals surface area (Å²) in [6.45, 7) is 6.77. The highest BCUT2D eigenvalue weighted by Crippen LogP contribution is 2.36. The van der Waals surface area contributed by atoms with E-state index in [1.54, 1.807) is 6.21 Å².